The highest BCUT2D eigenvalue weighted by molar-refractivity contribution is 7.13. The lowest BCUT2D eigenvalue weighted by atomic mass is 10.1. The molecule has 0 saturated carbocycles. The number of rotatable bonds is 3. The SMILES string of the molecule is NC(C(=O)O)c1csc(-c2ccc3c(c2)CCO3)n1. The summed E-state index contributed by atoms with van der Waals surface area (Å²) >= 11 is 1.40. The van der Waals surface area contributed by atoms with Gasteiger partial charge in [0.15, 0.2) is 0 Å². The van der Waals surface area contributed by atoms with Crippen LogP contribution in [-0.2, 0) is 11.2 Å². The minimum atomic E-state index is -1.07. The monoisotopic (exact) mass is 276 g/mol. The van der Waals surface area contributed by atoms with E-state index >= 15 is 0 Å². The molecule has 1 aromatic carbocycles. The van der Waals surface area contributed by atoms with Crippen molar-refractivity contribution in [2.45, 2.75) is 12.5 Å². The largest absolute Gasteiger partial charge is 0.493 e. The number of hydrogen-bond donors (Lipinski definition) is 2. The summed E-state index contributed by atoms with van der Waals surface area (Å²) in [6.07, 6.45) is 0.899. The lowest BCUT2D eigenvalue weighted by molar-refractivity contribution is -0.138. The summed E-state index contributed by atoms with van der Waals surface area (Å²) in [5.41, 5.74) is 8.07. The zero-order valence-corrected chi connectivity index (χ0v) is 10.8. The molecule has 1 aliphatic heterocycles. The van der Waals surface area contributed by atoms with Gasteiger partial charge in [0.1, 0.15) is 16.8 Å². The standard InChI is InChI=1S/C13H12N2O3S/c14-11(13(16)17)9-6-19-12(15-9)8-1-2-10-7(5-8)3-4-18-10/h1-2,5-6,11H,3-4,14H2,(H,16,17). The van der Waals surface area contributed by atoms with Crippen LogP contribution >= 0.6 is 11.3 Å². The molecule has 0 saturated heterocycles. The quantitative estimate of drug-likeness (QED) is 0.893. The maximum Gasteiger partial charge on any atom is 0.326 e. The number of aliphatic carboxylic acids is 1. The average Bonchev–Trinajstić information content (AvgIpc) is 3.05. The molecule has 1 aliphatic rings. The summed E-state index contributed by atoms with van der Waals surface area (Å²) in [5.74, 6) is -0.151. The molecule has 1 unspecified atom stereocenters. The number of hydrogen-bond acceptors (Lipinski definition) is 5. The Bertz CT molecular complexity index is 639. The van der Waals surface area contributed by atoms with E-state index in [1.165, 1.54) is 11.3 Å². The van der Waals surface area contributed by atoms with Crippen molar-refractivity contribution in [3.8, 4) is 16.3 Å². The number of nitrogens with zero attached hydrogens (tertiary/aromatic N) is 1. The van der Waals surface area contributed by atoms with Crippen LogP contribution in [0, 0.1) is 0 Å². The van der Waals surface area contributed by atoms with E-state index in [1.54, 1.807) is 5.38 Å². The third-order valence-electron chi connectivity index (χ3n) is 3.04. The third-order valence-corrected chi connectivity index (χ3v) is 3.95. The predicted octanol–water partition coefficient (Wildman–Crippen LogP) is 1.83. The number of thiazole rings is 1. The van der Waals surface area contributed by atoms with Crippen LogP contribution in [0.15, 0.2) is 23.6 Å². The van der Waals surface area contributed by atoms with Crippen LogP contribution in [0.1, 0.15) is 17.3 Å². The van der Waals surface area contributed by atoms with Crippen molar-refractivity contribution in [1.29, 1.82) is 0 Å². The summed E-state index contributed by atoms with van der Waals surface area (Å²) in [5, 5.41) is 11.3. The molecule has 1 atom stereocenters. The fourth-order valence-electron chi connectivity index (χ4n) is 2.01. The van der Waals surface area contributed by atoms with Gasteiger partial charge in [-0.2, -0.15) is 0 Å². The van der Waals surface area contributed by atoms with Crippen LogP contribution < -0.4 is 10.5 Å². The lowest BCUT2D eigenvalue weighted by Crippen LogP contribution is -2.20. The molecule has 0 radical (unpaired) electrons. The van der Waals surface area contributed by atoms with Gasteiger partial charge in [0.25, 0.3) is 0 Å². The summed E-state index contributed by atoms with van der Waals surface area (Å²) in [7, 11) is 0. The Kier molecular flexibility index (Phi) is 2.96. The topological polar surface area (TPSA) is 85.4 Å². The van der Waals surface area contributed by atoms with Crippen molar-refractivity contribution in [2.75, 3.05) is 6.61 Å². The number of carboxylic acid groups (broad SMARTS) is 1. The van der Waals surface area contributed by atoms with Crippen LogP contribution in [0.3, 0.4) is 0 Å². The number of carboxylic acids is 1. The highest BCUT2D eigenvalue weighted by Crippen LogP contribution is 2.32. The first-order valence-corrected chi connectivity index (χ1v) is 6.73. The Balaban J connectivity index is 1.92. The second kappa shape index (κ2) is 4.64. The Hall–Kier alpha value is -1.92. The zero-order chi connectivity index (χ0) is 13.4. The molecule has 2 aromatic rings. The molecule has 1 aromatic heterocycles. The van der Waals surface area contributed by atoms with E-state index in [0.717, 1.165) is 28.3 Å². The van der Waals surface area contributed by atoms with E-state index in [-0.39, 0.29) is 0 Å². The average molecular weight is 276 g/mol. The van der Waals surface area contributed by atoms with Gasteiger partial charge in [-0.25, -0.2) is 4.98 Å². The van der Waals surface area contributed by atoms with Crippen molar-refractivity contribution in [1.82, 2.24) is 4.98 Å². The van der Waals surface area contributed by atoms with E-state index in [0.29, 0.717) is 12.3 Å². The fourth-order valence-corrected chi connectivity index (χ4v) is 2.86. The third kappa shape index (κ3) is 2.20. The zero-order valence-electron chi connectivity index (χ0n) is 10.00. The lowest BCUT2D eigenvalue weighted by Gasteiger charge is -2.02. The van der Waals surface area contributed by atoms with E-state index in [1.807, 2.05) is 18.2 Å². The maximum atomic E-state index is 10.8. The molecule has 0 spiro atoms. The number of nitrogens with two attached hydrogens (primary N) is 1. The Morgan fingerprint density at radius 3 is 3.16 bits per heavy atom. The molecule has 0 aliphatic carbocycles. The Labute approximate surface area is 113 Å². The normalized spacial score (nSPS) is 14.8. The molecule has 98 valence electrons. The number of aromatic nitrogens is 1. The van der Waals surface area contributed by atoms with E-state index < -0.39 is 12.0 Å². The van der Waals surface area contributed by atoms with Crippen LogP contribution in [0.5, 0.6) is 5.75 Å². The smallest absolute Gasteiger partial charge is 0.326 e. The summed E-state index contributed by atoms with van der Waals surface area (Å²) in [6, 6.07) is 4.83. The molecule has 3 N–H and O–H groups in total. The molecule has 0 bridgehead atoms. The van der Waals surface area contributed by atoms with Gasteiger partial charge in [0.2, 0.25) is 0 Å². The second-order valence-electron chi connectivity index (χ2n) is 4.31. The number of fused-ring (bicyclic) bond motifs is 1. The summed E-state index contributed by atoms with van der Waals surface area (Å²) in [6.45, 7) is 0.714. The summed E-state index contributed by atoms with van der Waals surface area (Å²) in [4.78, 5) is 15.1. The molecule has 2 heterocycles. The van der Waals surface area contributed by atoms with E-state index in [4.69, 9.17) is 15.6 Å². The molecule has 3 rings (SSSR count). The van der Waals surface area contributed by atoms with Crippen molar-refractivity contribution in [3.63, 3.8) is 0 Å². The van der Waals surface area contributed by atoms with Crippen LogP contribution in [0.2, 0.25) is 0 Å². The first kappa shape index (κ1) is 12.1. The molecular formula is C13H12N2O3S. The molecule has 5 nitrogen and oxygen atoms in total. The van der Waals surface area contributed by atoms with Crippen molar-refractivity contribution >= 4 is 17.3 Å². The molecule has 6 heteroatoms. The van der Waals surface area contributed by atoms with Crippen molar-refractivity contribution in [2.24, 2.45) is 5.73 Å². The highest BCUT2D eigenvalue weighted by atomic mass is 32.1. The highest BCUT2D eigenvalue weighted by Gasteiger charge is 2.19. The van der Waals surface area contributed by atoms with Crippen LogP contribution in [0.25, 0.3) is 10.6 Å². The predicted molar refractivity (Wildman–Crippen MR) is 71.3 cm³/mol. The van der Waals surface area contributed by atoms with Gasteiger partial charge >= 0.3 is 5.97 Å². The number of carbonyl (C=O) groups is 1. The Morgan fingerprint density at radius 1 is 1.53 bits per heavy atom. The van der Waals surface area contributed by atoms with Gasteiger partial charge in [-0.15, -0.1) is 11.3 Å². The van der Waals surface area contributed by atoms with Gasteiger partial charge in [-0.05, 0) is 23.8 Å². The minimum absolute atomic E-state index is 0.393. The van der Waals surface area contributed by atoms with Gasteiger partial charge in [-0.1, -0.05) is 0 Å². The van der Waals surface area contributed by atoms with Gasteiger partial charge in [0.05, 0.1) is 12.3 Å². The number of ether oxygens (including phenoxy) is 1. The van der Waals surface area contributed by atoms with Gasteiger partial charge < -0.3 is 15.6 Å². The van der Waals surface area contributed by atoms with Crippen molar-refractivity contribution < 1.29 is 14.6 Å². The first-order valence-electron chi connectivity index (χ1n) is 5.85. The van der Waals surface area contributed by atoms with Gasteiger partial charge in [-0.3, -0.25) is 4.79 Å². The second-order valence-corrected chi connectivity index (χ2v) is 5.17. The Morgan fingerprint density at radius 2 is 2.37 bits per heavy atom. The van der Waals surface area contributed by atoms with E-state index in [2.05, 4.69) is 4.98 Å². The maximum absolute atomic E-state index is 10.8. The first-order chi connectivity index (χ1) is 9.15. The molecular weight excluding hydrogens is 264 g/mol. The summed E-state index contributed by atoms with van der Waals surface area (Å²) < 4.78 is 5.45. The molecule has 0 amide bonds. The van der Waals surface area contributed by atoms with Gasteiger partial charge in [0, 0.05) is 17.4 Å². The number of benzene rings is 1. The van der Waals surface area contributed by atoms with Crippen molar-refractivity contribution in [3.05, 3.63) is 34.8 Å². The van der Waals surface area contributed by atoms with Crippen LogP contribution in [0.4, 0.5) is 0 Å². The van der Waals surface area contributed by atoms with Crippen LogP contribution in [-0.4, -0.2) is 22.7 Å². The minimum Gasteiger partial charge on any atom is -0.493 e. The molecule has 0 fully saturated rings. The molecule has 19 heavy (non-hydrogen) atoms. The fraction of sp³-hybridized carbons (Fsp3) is 0.231. The van der Waals surface area contributed by atoms with E-state index in [9.17, 15) is 4.79 Å².